The van der Waals surface area contributed by atoms with Crippen LogP contribution in [0.15, 0.2) is 0 Å². The second-order valence-corrected chi connectivity index (χ2v) is 5.43. The van der Waals surface area contributed by atoms with Crippen LogP contribution in [0.3, 0.4) is 0 Å². The Balaban J connectivity index is 2.54. The van der Waals surface area contributed by atoms with Crippen molar-refractivity contribution >= 4 is 5.91 Å². The van der Waals surface area contributed by atoms with E-state index >= 15 is 0 Å². The molecule has 4 nitrogen and oxygen atoms in total. The predicted octanol–water partition coefficient (Wildman–Crippen LogP) is 0.831. The first-order valence-corrected chi connectivity index (χ1v) is 6.73. The van der Waals surface area contributed by atoms with Gasteiger partial charge in [-0.2, -0.15) is 0 Å². The Kier molecular flexibility index (Phi) is 5.92. The molecule has 4 heteroatoms. The molecular weight excluding hydrogens is 214 g/mol. The Bertz CT molecular complexity index is 237. The molecule has 0 bridgehead atoms. The maximum absolute atomic E-state index is 11.7. The van der Waals surface area contributed by atoms with E-state index in [1.165, 1.54) is 12.8 Å². The molecule has 0 aliphatic carbocycles. The van der Waals surface area contributed by atoms with Gasteiger partial charge in [0.05, 0.1) is 6.04 Å². The van der Waals surface area contributed by atoms with Gasteiger partial charge in [0, 0.05) is 26.2 Å². The molecule has 1 saturated heterocycles. The van der Waals surface area contributed by atoms with Gasteiger partial charge >= 0.3 is 0 Å². The second-order valence-electron chi connectivity index (χ2n) is 5.43. The maximum atomic E-state index is 11.7. The summed E-state index contributed by atoms with van der Waals surface area (Å²) in [4.78, 5) is 14.0. The van der Waals surface area contributed by atoms with Crippen LogP contribution in [-0.4, -0.2) is 49.6 Å². The normalized spacial score (nSPS) is 22.1. The molecule has 1 fully saturated rings. The monoisotopic (exact) mass is 241 g/mol. The second kappa shape index (κ2) is 6.97. The summed E-state index contributed by atoms with van der Waals surface area (Å²) in [5.41, 5.74) is 0. The molecule has 1 rings (SSSR count). The van der Waals surface area contributed by atoms with Gasteiger partial charge in [-0.3, -0.25) is 9.69 Å². The van der Waals surface area contributed by atoms with E-state index in [0.29, 0.717) is 12.0 Å². The lowest BCUT2D eigenvalue weighted by Crippen LogP contribution is -2.49. The van der Waals surface area contributed by atoms with Crippen LogP contribution in [0.5, 0.6) is 0 Å². The highest BCUT2D eigenvalue weighted by Crippen LogP contribution is 2.11. The van der Waals surface area contributed by atoms with Gasteiger partial charge in [0.2, 0.25) is 5.91 Å². The summed E-state index contributed by atoms with van der Waals surface area (Å²) in [6.07, 6.45) is 2.49. The minimum absolute atomic E-state index is 0.0372. The summed E-state index contributed by atoms with van der Waals surface area (Å²) in [6, 6.07) is 0.519. The van der Waals surface area contributed by atoms with Crippen LogP contribution in [0.4, 0.5) is 0 Å². The highest BCUT2D eigenvalue weighted by molar-refractivity contribution is 5.80. The maximum Gasteiger partial charge on any atom is 0.236 e. The van der Waals surface area contributed by atoms with Crippen molar-refractivity contribution in [3.63, 3.8) is 0 Å². The molecule has 2 N–H and O–H groups in total. The average Bonchev–Trinajstić information content (AvgIpc) is 2.78. The quantitative estimate of drug-likeness (QED) is 0.724. The number of hydrogen-bond donors (Lipinski definition) is 2. The molecule has 0 aromatic carbocycles. The molecule has 1 heterocycles. The smallest absolute Gasteiger partial charge is 0.236 e. The third kappa shape index (κ3) is 4.64. The highest BCUT2D eigenvalue weighted by atomic mass is 16.2. The van der Waals surface area contributed by atoms with E-state index in [1.807, 2.05) is 6.92 Å². The topological polar surface area (TPSA) is 44.4 Å². The number of rotatable bonds is 6. The molecule has 100 valence electrons. The first-order chi connectivity index (χ1) is 8.04. The van der Waals surface area contributed by atoms with Crippen molar-refractivity contribution < 1.29 is 4.79 Å². The summed E-state index contributed by atoms with van der Waals surface area (Å²) < 4.78 is 0. The number of amides is 1. The number of nitrogens with one attached hydrogen (secondary N) is 2. The zero-order valence-electron chi connectivity index (χ0n) is 11.6. The number of hydrogen-bond acceptors (Lipinski definition) is 3. The van der Waals surface area contributed by atoms with Crippen LogP contribution in [0, 0.1) is 5.92 Å². The Labute approximate surface area is 105 Å². The molecule has 2 atom stereocenters. The van der Waals surface area contributed by atoms with Gasteiger partial charge in [0.15, 0.2) is 0 Å². The van der Waals surface area contributed by atoms with Crippen LogP contribution in [0.1, 0.15) is 33.6 Å². The SMILES string of the molecule is CNC(=O)C(C)N(CC(C)C)CC1CCCN1. The minimum atomic E-state index is -0.0372. The fraction of sp³-hybridized carbons (Fsp3) is 0.923. The Morgan fingerprint density at radius 1 is 1.47 bits per heavy atom. The van der Waals surface area contributed by atoms with Gasteiger partial charge in [0.1, 0.15) is 0 Å². The lowest BCUT2D eigenvalue weighted by atomic mass is 10.1. The van der Waals surface area contributed by atoms with E-state index in [1.54, 1.807) is 7.05 Å². The van der Waals surface area contributed by atoms with E-state index < -0.39 is 0 Å². The standard InChI is InChI=1S/C13H27N3O/c1-10(2)8-16(11(3)13(17)14-4)9-12-6-5-7-15-12/h10-12,15H,5-9H2,1-4H3,(H,14,17). The third-order valence-electron chi connectivity index (χ3n) is 3.39. The molecule has 0 radical (unpaired) electrons. The first-order valence-electron chi connectivity index (χ1n) is 6.73. The molecule has 2 unspecified atom stereocenters. The summed E-state index contributed by atoms with van der Waals surface area (Å²) in [5.74, 6) is 0.701. The molecular formula is C13H27N3O. The molecule has 0 aromatic heterocycles. The fourth-order valence-electron chi connectivity index (χ4n) is 2.43. The van der Waals surface area contributed by atoms with Gasteiger partial charge in [-0.25, -0.2) is 0 Å². The van der Waals surface area contributed by atoms with Crippen molar-refractivity contribution in [2.24, 2.45) is 5.92 Å². The zero-order valence-corrected chi connectivity index (χ0v) is 11.6. The molecule has 1 aliphatic rings. The van der Waals surface area contributed by atoms with E-state index in [9.17, 15) is 4.79 Å². The Morgan fingerprint density at radius 2 is 2.18 bits per heavy atom. The van der Waals surface area contributed by atoms with Gasteiger partial charge in [-0.15, -0.1) is 0 Å². The summed E-state index contributed by atoms with van der Waals surface area (Å²) >= 11 is 0. The molecule has 0 saturated carbocycles. The van der Waals surface area contributed by atoms with Crippen molar-refractivity contribution in [3.8, 4) is 0 Å². The predicted molar refractivity (Wildman–Crippen MR) is 71.0 cm³/mol. The summed E-state index contributed by atoms with van der Waals surface area (Å²) in [6.45, 7) is 9.47. The average molecular weight is 241 g/mol. The van der Waals surface area contributed by atoms with Crippen LogP contribution >= 0.6 is 0 Å². The number of carbonyl (C=O) groups excluding carboxylic acids is 1. The lowest BCUT2D eigenvalue weighted by molar-refractivity contribution is -0.125. The molecule has 0 spiro atoms. The molecule has 17 heavy (non-hydrogen) atoms. The van der Waals surface area contributed by atoms with E-state index in [4.69, 9.17) is 0 Å². The third-order valence-corrected chi connectivity index (χ3v) is 3.39. The van der Waals surface area contributed by atoms with Gasteiger partial charge in [-0.1, -0.05) is 13.8 Å². The summed E-state index contributed by atoms with van der Waals surface area (Å²) in [7, 11) is 1.71. The van der Waals surface area contributed by atoms with Crippen molar-refractivity contribution in [1.82, 2.24) is 15.5 Å². The van der Waals surface area contributed by atoms with Crippen LogP contribution in [-0.2, 0) is 4.79 Å². The van der Waals surface area contributed by atoms with Crippen molar-refractivity contribution in [1.29, 1.82) is 0 Å². The van der Waals surface area contributed by atoms with Crippen LogP contribution < -0.4 is 10.6 Å². The van der Waals surface area contributed by atoms with Gasteiger partial charge < -0.3 is 10.6 Å². The van der Waals surface area contributed by atoms with Crippen molar-refractivity contribution in [3.05, 3.63) is 0 Å². The number of carbonyl (C=O) groups is 1. The molecule has 1 amide bonds. The van der Waals surface area contributed by atoms with Crippen molar-refractivity contribution in [2.75, 3.05) is 26.7 Å². The van der Waals surface area contributed by atoms with Gasteiger partial charge in [-0.05, 0) is 32.2 Å². The molecule has 0 aromatic rings. The van der Waals surface area contributed by atoms with Crippen LogP contribution in [0.25, 0.3) is 0 Å². The lowest BCUT2D eigenvalue weighted by Gasteiger charge is -2.31. The van der Waals surface area contributed by atoms with Crippen LogP contribution in [0.2, 0.25) is 0 Å². The van der Waals surface area contributed by atoms with Crippen molar-refractivity contribution in [2.45, 2.75) is 45.7 Å². The largest absolute Gasteiger partial charge is 0.358 e. The highest BCUT2D eigenvalue weighted by Gasteiger charge is 2.25. The fourth-order valence-corrected chi connectivity index (χ4v) is 2.43. The Morgan fingerprint density at radius 3 is 2.65 bits per heavy atom. The number of nitrogens with zero attached hydrogens (tertiary/aromatic N) is 1. The van der Waals surface area contributed by atoms with E-state index in [0.717, 1.165) is 19.6 Å². The van der Waals surface area contributed by atoms with E-state index in [2.05, 4.69) is 29.4 Å². The Hall–Kier alpha value is -0.610. The summed E-state index contributed by atoms with van der Waals surface area (Å²) in [5, 5.41) is 6.24. The van der Waals surface area contributed by atoms with E-state index in [-0.39, 0.29) is 11.9 Å². The molecule has 1 aliphatic heterocycles. The zero-order chi connectivity index (χ0) is 12.8. The first kappa shape index (κ1) is 14.5. The number of likely N-dealkylation sites (N-methyl/N-ethyl adjacent to an activating group) is 1. The van der Waals surface area contributed by atoms with Gasteiger partial charge in [0.25, 0.3) is 0 Å². The minimum Gasteiger partial charge on any atom is -0.358 e.